The number of fused-ring (bicyclic) bond motifs is 4. The Kier molecular flexibility index (Phi) is 4.76. The number of benzene rings is 2. The van der Waals surface area contributed by atoms with Crippen LogP contribution in [0.1, 0.15) is 40.7 Å². The summed E-state index contributed by atoms with van der Waals surface area (Å²) in [5.74, 6) is -0.212. The van der Waals surface area contributed by atoms with Gasteiger partial charge in [-0.25, -0.2) is 9.38 Å². The van der Waals surface area contributed by atoms with Crippen LogP contribution in [0.2, 0.25) is 0 Å². The number of amidine groups is 1. The Balaban J connectivity index is 1.58. The normalized spacial score (nSPS) is 21.5. The molecule has 1 aromatic heterocycles. The summed E-state index contributed by atoms with van der Waals surface area (Å²) >= 11 is 0. The van der Waals surface area contributed by atoms with E-state index in [4.69, 9.17) is 20.2 Å². The first-order chi connectivity index (χ1) is 16.1. The highest BCUT2D eigenvalue weighted by Gasteiger charge is 2.44. The highest BCUT2D eigenvalue weighted by atomic mass is 19.1. The highest BCUT2D eigenvalue weighted by Crippen LogP contribution is 2.48. The number of pyridine rings is 1. The summed E-state index contributed by atoms with van der Waals surface area (Å²) in [5.41, 5.74) is 12.9. The second-order valence-electron chi connectivity index (χ2n) is 8.75. The number of nitrogens with two attached hydrogens (primary N) is 1. The first-order valence-electron chi connectivity index (χ1n) is 11.3. The number of aliphatic imine (C=N–C) groups is 1. The third kappa shape index (κ3) is 3.33. The topological polar surface area (TPSA) is 69.7 Å². The number of aromatic nitrogens is 1. The van der Waals surface area contributed by atoms with Crippen LogP contribution in [0.3, 0.4) is 0 Å². The largest absolute Gasteiger partial charge is 0.465 e. The maximum absolute atomic E-state index is 15.6. The predicted molar refractivity (Wildman–Crippen MR) is 125 cm³/mol. The van der Waals surface area contributed by atoms with Gasteiger partial charge in [0.15, 0.2) is 0 Å². The van der Waals surface area contributed by atoms with Gasteiger partial charge in [-0.2, -0.15) is 0 Å². The molecule has 3 aliphatic rings. The molecule has 6 rings (SSSR count). The minimum absolute atomic E-state index is 0.137. The summed E-state index contributed by atoms with van der Waals surface area (Å²) in [6, 6.07) is 14.1. The summed E-state index contributed by atoms with van der Waals surface area (Å²) in [4.78, 5) is 9.12. The predicted octanol–water partition coefficient (Wildman–Crippen LogP) is 4.57. The van der Waals surface area contributed by atoms with Crippen molar-refractivity contribution in [2.24, 2.45) is 10.7 Å². The smallest absolute Gasteiger partial charge is 0.283 e. The van der Waals surface area contributed by atoms with Gasteiger partial charge in [-0.05, 0) is 75.2 Å². The Labute approximate surface area is 191 Å². The van der Waals surface area contributed by atoms with Crippen molar-refractivity contribution < 1.29 is 13.9 Å². The van der Waals surface area contributed by atoms with Gasteiger partial charge >= 0.3 is 0 Å². The number of rotatable bonds is 2. The molecule has 5 nitrogen and oxygen atoms in total. The molecule has 33 heavy (non-hydrogen) atoms. The van der Waals surface area contributed by atoms with E-state index >= 15 is 4.39 Å². The summed E-state index contributed by atoms with van der Waals surface area (Å²) in [7, 11) is 0. The Morgan fingerprint density at radius 2 is 1.91 bits per heavy atom. The average Bonchev–Trinajstić information content (AvgIpc) is 2.86. The van der Waals surface area contributed by atoms with E-state index in [2.05, 4.69) is 35.3 Å². The maximum atomic E-state index is 15.6. The van der Waals surface area contributed by atoms with Crippen molar-refractivity contribution in [3.8, 4) is 11.1 Å². The third-order valence-electron chi connectivity index (χ3n) is 6.85. The van der Waals surface area contributed by atoms with Gasteiger partial charge in [0.25, 0.3) is 6.02 Å². The van der Waals surface area contributed by atoms with Crippen LogP contribution in [-0.4, -0.2) is 30.8 Å². The fourth-order valence-electron chi connectivity index (χ4n) is 5.26. The Hall–Kier alpha value is -3.51. The van der Waals surface area contributed by atoms with Gasteiger partial charge < -0.3 is 15.2 Å². The summed E-state index contributed by atoms with van der Waals surface area (Å²) < 4.78 is 26.7. The van der Waals surface area contributed by atoms with Gasteiger partial charge in [-0.15, -0.1) is 0 Å². The first-order valence-corrected chi connectivity index (χ1v) is 11.3. The molecule has 0 saturated heterocycles. The van der Waals surface area contributed by atoms with Crippen LogP contribution in [0.5, 0.6) is 0 Å². The van der Waals surface area contributed by atoms with Crippen molar-refractivity contribution in [2.75, 3.05) is 19.8 Å². The van der Waals surface area contributed by atoms with Crippen LogP contribution >= 0.6 is 0 Å². The van der Waals surface area contributed by atoms with Crippen LogP contribution in [0.4, 0.5) is 4.39 Å². The van der Waals surface area contributed by atoms with E-state index in [-0.39, 0.29) is 11.8 Å². The molecule has 1 aliphatic carbocycles. The van der Waals surface area contributed by atoms with Crippen LogP contribution < -0.4 is 5.73 Å². The van der Waals surface area contributed by atoms with Crippen LogP contribution in [-0.2, 0) is 21.4 Å². The molecule has 6 heteroatoms. The molecular formula is C27H24FN3O2. The lowest BCUT2D eigenvalue weighted by atomic mass is 9.69. The zero-order chi connectivity index (χ0) is 22.4. The lowest BCUT2D eigenvalue weighted by Crippen LogP contribution is -2.40. The van der Waals surface area contributed by atoms with E-state index < -0.39 is 5.54 Å². The number of hydrogen-bond acceptors (Lipinski definition) is 5. The van der Waals surface area contributed by atoms with Crippen molar-refractivity contribution in [3.05, 3.63) is 94.6 Å². The van der Waals surface area contributed by atoms with Gasteiger partial charge in [0.05, 0.1) is 19.8 Å². The molecule has 0 fully saturated rings. The molecule has 2 aliphatic heterocycles. The summed E-state index contributed by atoms with van der Waals surface area (Å²) in [5, 5.41) is 0. The second-order valence-corrected chi connectivity index (χ2v) is 8.75. The second kappa shape index (κ2) is 7.81. The van der Waals surface area contributed by atoms with E-state index in [0.29, 0.717) is 38.2 Å². The van der Waals surface area contributed by atoms with Crippen LogP contribution in [0.15, 0.2) is 65.9 Å². The van der Waals surface area contributed by atoms with Crippen molar-refractivity contribution >= 4 is 11.6 Å². The fourth-order valence-corrected chi connectivity index (χ4v) is 5.26. The SMILES string of the molecule is NC1=NC2(CCO1)c1cc(-c3cccnc3)ccc1Cc1c(F)cc(C3=CCCOC3)cc12. The van der Waals surface area contributed by atoms with Gasteiger partial charge in [0.1, 0.15) is 11.4 Å². The molecule has 2 N–H and O–H groups in total. The third-order valence-corrected chi connectivity index (χ3v) is 6.85. The zero-order valence-corrected chi connectivity index (χ0v) is 18.2. The lowest BCUT2D eigenvalue weighted by molar-refractivity contribution is 0.164. The maximum Gasteiger partial charge on any atom is 0.283 e. The minimum Gasteiger partial charge on any atom is -0.465 e. The van der Waals surface area contributed by atoms with Crippen LogP contribution in [0, 0.1) is 5.82 Å². The molecule has 166 valence electrons. The van der Waals surface area contributed by atoms with Crippen molar-refractivity contribution in [1.82, 2.24) is 4.98 Å². The van der Waals surface area contributed by atoms with Gasteiger partial charge in [0.2, 0.25) is 0 Å². The molecule has 0 saturated carbocycles. The summed E-state index contributed by atoms with van der Waals surface area (Å²) in [6.07, 6.45) is 7.67. The molecule has 1 unspecified atom stereocenters. The van der Waals surface area contributed by atoms with E-state index in [9.17, 15) is 0 Å². The molecule has 3 aromatic rings. The Morgan fingerprint density at radius 1 is 1.00 bits per heavy atom. The summed E-state index contributed by atoms with van der Waals surface area (Å²) in [6.45, 7) is 1.61. The Bertz CT molecular complexity index is 1300. The van der Waals surface area contributed by atoms with E-state index in [1.165, 1.54) is 0 Å². The van der Waals surface area contributed by atoms with Crippen molar-refractivity contribution in [1.29, 1.82) is 0 Å². The van der Waals surface area contributed by atoms with Gasteiger partial charge in [0, 0.05) is 25.2 Å². The number of halogens is 1. The monoisotopic (exact) mass is 441 g/mol. The number of nitrogens with zero attached hydrogens (tertiary/aromatic N) is 2. The lowest BCUT2D eigenvalue weighted by Gasteiger charge is -2.40. The van der Waals surface area contributed by atoms with E-state index in [1.54, 1.807) is 12.3 Å². The fraction of sp³-hybridized carbons (Fsp3) is 0.259. The number of ether oxygens (including phenoxy) is 2. The molecular weight excluding hydrogens is 417 g/mol. The average molecular weight is 442 g/mol. The van der Waals surface area contributed by atoms with Crippen molar-refractivity contribution in [3.63, 3.8) is 0 Å². The minimum atomic E-state index is -0.795. The quantitative estimate of drug-likeness (QED) is 0.632. The standard InChI is InChI=1S/C27H24FN3O2/c28-25-14-21(20-4-2-9-32-16-20)13-24-22(25)11-18-6-5-17(19-3-1-8-30-15-19)12-23(18)27(24)7-10-33-26(29)31-27/h1,3-6,8,12-15H,2,7,9-11,16H2,(H2,29,31). The first kappa shape index (κ1) is 20.1. The molecule has 0 radical (unpaired) electrons. The van der Waals surface area contributed by atoms with Crippen LogP contribution in [0.25, 0.3) is 16.7 Å². The Morgan fingerprint density at radius 3 is 2.70 bits per heavy atom. The molecule has 3 heterocycles. The van der Waals surface area contributed by atoms with E-state index in [1.807, 2.05) is 18.3 Å². The van der Waals surface area contributed by atoms with Crippen molar-refractivity contribution in [2.45, 2.75) is 24.8 Å². The molecule has 0 bridgehead atoms. The van der Waals surface area contributed by atoms with E-state index in [0.717, 1.165) is 45.4 Å². The zero-order valence-electron chi connectivity index (χ0n) is 18.2. The highest BCUT2D eigenvalue weighted by molar-refractivity contribution is 5.76. The number of hydrogen-bond donors (Lipinski definition) is 1. The molecule has 1 atom stereocenters. The molecule has 1 spiro atoms. The molecule has 0 amide bonds. The van der Waals surface area contributed by atoms with Gasteiger partial charge in [-0.3, -0.25) is 4.98 Å². The van der Waals surface area contributed by atoms with Gasteiger partial charge in [-0.1, -0.05) is 24.3 Å². The molecule has 2 aromatic carbocycles.